The quantitative estimate of drug-likeness (QED) is 0.837. The molecule has 0 saturated carbocycles. The lowest BCUT2D eigenvalue weighted by Gasteiger charge is -2.27. The maximum Gasteiger partial charge on any atom is 0.327 e. The molecular formula is C15H18N2O2. The molecular weight excluding hydrogens is 240 g/mol. The van der Waals surface area contributed by atoms with Crippen LogP contribution in [0.4, 0.5) is 0 Å². The number of nitrogens with one attached hydrogen (secondary N) is 1. The van der Waals surface area contributed by atoms with Gasteiger partial charge in [0.25, 0.3) is 0 Å². The molecule has 19 heavy (non-hydrogen) atoms. The van der Waals surface area contributed by atoms with Crippen LogP contribution in [-0.2, 0) is 11.3 Å². The Morgan fingerprint density at radius 2 is 2.00 bits per heavy atom. The summed E-state index contributed by atoms with van der Waals surface area (Å²) in [5.41, 5.74) is 1.83. The molecule has 0 saturated heterocycles. The first kappa shape index (κ1) is 13.4. The smallest absolute Gasteiger partial charge is 0.327 e. The van der Waals surface area contributed by atoms with Gasteiger partial charge >= 0.3 is 5.97 Å². The first-order chi connectivity index (χ1) is 9.22. The maximum absolute atomic E-state index is 11.5. The van der Waals surface area contributed by atoms with Crippen LogP contribution in [0.15, 0.2) is 48.7 Å². The fraction of sp³-hybridized carbons (Fsp3) is 0.267. The van der Waals surface area contributed by atoms with E-state index in [9.17, 15) is 9.90 Å². The van der Waals surface area contributed by atoms with E-state index in [2.05, 4.69) is 4.98 Å². The molecule has 0 radical (unpaired) electrons. The van der Waals surface area contributed by atoms with E-state index in [0.717, 1.165) is 5.56 Å². The molecule has 100 valence electrons. The molecule has 2 aromatic rings. The number of H-pyrrole nitrogens is 1. The zero-order chi connectivity index (χ0) is 13.7. The van der Waals surface area contributed by atoms with Crippen molar-refractivity contribution in [2.75, 3.05) is 6.54 Å². The summed E-state index contributed by atoms with van der Waals surface area (Å²) in [5.74, 6) is -0.833. The van der Waals surface area contributed by atoms with Crippen molar-refractivity contribution >= 4 is 5.97 Å². The Hall–Kier alpha value is -2.07. The molecule has 1 heterocycles. The molecule has 1 atom stereocenters. The van der Waals surface area contributed by atoms with Crippen LogP contribution < -0.4 is 0 Å². The number of carboxylic acids is 1. The Bertz CT molecular complexity index is 508. The van der Waals surface area contributed by atoms with E-state index >= 15 is 0 Å². The first-order valence-electron chi connectivity index (χ1n) is 6.36. The van der Waals surface area contributed by atoms with Gasteiger partial charge in [-0.25, -0.2) is 0 Å². The van der Waals surface area contributed by atoms with Crippen molar-refractivity contribution in [3.63, 3.8) is 0 Å². The molecule has 0 fully saturated rings. The number of likely N-dealkylation sites (N-methyl/N-ethyl adjacent to an activating group) is 1. The topological polar surface area (TPSA) is 56.3 Å². The van der Waals surface area contributed by atoms with Crippen LogP contribution in [0.5, 0.6) is 0 Å². The van der Waals surface area contributed by atoms with Gasteiger partial charge in [0.1, 0.15) is 6.04 Å². The minimum atomic E-state index is -0.833. The molecule has 0 amide bonds. The molecule has 1 unspecified atom stereocenters. The van der Waals surface area contributed by atoms with E-state index in [1.165, 1.54) is 0 Å². The van der Waals surface area contributed by atoms with Crippen molar-refractivity contribution in [3.05, 3.63) is 59.9 Å². The molecule has 0 aliphatic heterocycles. The van der Waals surface area contributed by atoms with Gasteiger partial charge in [-0.1, -0.05) is 37.3 Å². The second-order valence-corrected chi connectivity index (χ2v) is 4.41. The number of aromatic nitrogens is 1. The number of benzene rings is 1. The Kier molecular flexibility index (Phi) is 4.36. The van der Waals surface area contributed by atoms with E-state index in [-0.39, 0.29) is 0 Å². The molecule has 0 aliphatic carbocycles. The number of aromatic amines is 1. The van der Waals surface area contributed by atoms with Crippen LogP contribution in [0.3, 0.4) is 0 Å². The number of carbonyl (C=O) groups is 1. The highest BCUT2D eigenvalue weighted by Gasteiger charge is 2.27. The van der Waals surface area contributed by atoms with Gasteiger partial charge in [-0.15, -0.1) is 0 Å². The highest BCUT2D eigenvalue weighted by atomic mass is 16.4. The first-order valence-corrected chi connectivity index (χ1v) is 6.36. The molecule has 2 N–H and O–H groups in total. The average Bonchev–Trinajstić information content (AvgIpc) is 2.92. The van der Waals surface area contributed by atoms with Crippen LogP contribution >= 0.6 is 0 Å². The third-order valence-corrected chi connectivity index (χ3v) is 3.15. The van der Waals surface area contributed by atoms with Crippen molar-refractivity contribution in [2.45, 2.75) is 19.5 Å². The van der Waals surface area contributed by atoms with Crippen LogP contribution in [0.1, 0.15) is 24.2 Å². The molecule has 4 nitrogen and oxygen atoms in total. The average molecular weight is 258 g/mol. The van der Waals surface area contributed by atoms with Crippen LogP contribution in [0.2, 0.25) is 0 Å². The Morgan fingerprint density at radius 3 is 2.53 bits per heavy atom. The van der Waals surface area contributed by atoms with E-state index in [1.807, 2.05) is 54.3 Å². The van der Waals surface area contributed by atoms with Crippen LogP contribution in [0.25, 0.3) is 0 Å². The zero-order valence-electron chi connectivity index (χ0n) is 10.9. The third kappa shape index (κ3) is 3.23. The summed E-state index contributed by atoms with van der Waals surface area (Å²) in [6.07, 6.45) is 1.75. The largest absolute Gasteiger partial charge is 0.480 e. The van der Waals surface area contributed by atoms with E-state index in [1.54, 1.807) is 6.20 Å². The normalized spacial score (nSPS) is 12.5. The Morgan fingerprint density at radius 1 is 1.26 bits per heavy atom. The highest BCUT2D eigenvalue weighted by Crippen LogP contribution is 2.21. The Balaban J connectivity index is 2.21. The van der Waals surface area contributed by atoms with Gasteiger partial charge in [0, 0.05) is 18.4 Å². The molecule has 1 aromatic carbocycles. The number of hydrogen-bond acceptors (Lipinski definition) is 2. The van der Waals surface area contributed by atoms with Crippen molar-refractivity contribution in [1.82, 2.24) is 9.88 Å². The van der Waals surface area contributed by atoms with Gasteiger partial charge in [0.15, 0.2) is 0 Å². The zero-order valence-corrected chi connectivity index (χ0v) is 10.9. The predicted molar refractivity (Wildman–Crippen MR) is 73.7 cm³/mol. The van der Waals surface area contributed by atoms with Gasteiger partial charge in [-0.3, -0.25) is 9.69 Å². The standard InChI is InChI=1S/C15H18N2O2/c1-2-17(11-12-7-4-3-5-8-12)14(15(18)19)13-9-6-10-16-13/h3-10,14,16H,2,11H2,1H3,(H,18,19). The lowest BCUT2D eigenvalue weighted by atomic mass is 10.1. The minimum Gasteiger partial charge on any atom is -0.480 e. The number of rotatable bonds is 6. The SMILES string of the molecule is CCN(Cc1ccccc1)C(C(=O)O)c1ccc[nH]1. The lowest BCUT2D eigenvalue weighted by molar-refractivity contribution is -0.144. The Labute approximate surface area is 112 Å². The van der Waals surface area contributed by atoms with Gasteiger partial charge in [-0.2, -0.15) is 0 Å². The monoisotopic (exact) mass is 258 g/mol. The number of nitrogens with zero attached hydrogens (tertiary/aromatic N) is 1. The molecule has 2 rings (SSSR count). The number of hydrogen-bond donors (Lipinski definition) is 2. The summed E-state index contributed by atoms with van der Waals surface area (Å²) in [7, 11) is 0. The molecule has 1 aromatic heterocycles. The molecule has 0 spiro atoms. The third-order valence-electron chi connectivity index (χ3n) is 3.15. The van der Waals surface area contributed by atoms with Gasteiger partial charge in [0.05, 0.1) is 0 Å². The summed E-state index contributed by atoms with van der Waals surface area (Å²) in [6.45, 7) is 3.26. The lowest BCUT2D eigenvalue weighted by Crippen LogP contribution is -2.33. The second-order valence-electron chi connectivity index (χ2n) is 4.41. The summed E-state index contributed by atoms with van der Waals surface area (Å²) >= 11 is 0. The number of aliphatic carboxylic acids is 1. The fourth-order valence-corrected chi connectivity index (χ4v) is 2.20. The molecule has 0 aliphatic rings. The van der Waals surface area contributed by atoms with Crippen molar-refractivity contribution in [3.8, 4) is 0 Å². The van der Waals surface area contributed by atoms with Gasteiger partial charge in [-0.05, 0) is 24.2 Å². The number of carboxylic acid groups (broad SMARTS) is 1. The summed E-state index contributed by atoms with van der Waals surface area (Å²) in [6, 6.07) is 12.9. The minimum absolute atomic E-state index is 0.618. The van der Waals surface area contributed by atoms with Crippen LogP contribution in [0, 0.1) is 0 Å². The van der Waals surface area contributed by atoms with E-state index in [4.69, 9.17) is 0 Å². The molecule has 4 heteroatoms. The second kappa shape index (κ2) is 6.20. The highest BCUT2D eigenvalue weighted by molar-refractivity contribution is 5.74. The summed E-state index contributed by atoms with van der Waals surface area (Å²) in [4.78, 5) is 16.5. The van der Waals surface area contributed by atoms with E-state index in [0.29, 0.717) is 18.8 Å². The fourth-order valence-electron chi connectivity index (χ4n) is 2.20. The predicted octanol–water partition coefficient (Wildman–Crippen LogP) is 2.66. The van der Waals surface area contributed by atoms with Gasteiger partial charge < -0.3 is 10.1 Å². The van der Waals surface area contributed by atoms with Crippen molar-refractivity contribution in [2.24, 2.45) is 0 Å². The van der Waals surface area contributed by atoms with Gasteiger partial charge in [0.2, 0.25) is 0 Å². The van der Waals surface area contributed by atoms with Crippen LogP contribution in [-0.4, -0.2) is 27.5 Å². The molecule has 0 bridgehead atoms. The van der Waals surface area contributed by atoms with Crippen molar-refractivity contribution in [1.29, 1.82) is 0 Å². The summed E-state index contributed by atoms with van der Waals surface area (Å²) in [5, 5.41) is 9.46. The maximum atomic E-state index is 11.5. The summed E-state index contributed by atoms with van der Waals surface area (Å²) < 4.78 is 0. The van der Waals surface area contributed by atoms with Crippen molar-refractivity contribution < 1.29 is 9.90 Å². The van der Waals surface area contributed by atoms with E-state index < -0.39 is 12.0 Å².